The zero-order chi connectivity index (χ0) is 14.4. The summed E-state index contributed by atoms with van der Waals surface area (Å²) in [6, 6.07) is 0. The molecule has 1 aliphatic heterocycles. The Hall–Kier alpha value is -1.10. The van der Waals surface area contributed by atoms with E-state index in [0.717, 1.165) is 32.5 Å². The summed E-state index contributed by atoms with van der Waals surface area (Å²) in [6.07, 6.45) is 1.71. The summed E-state index contributed by atoms with van der Waals surface area (Å²) >= 11 is 0. The van der Waals surface area contributed by atoms with E-state index in [9.17, 15) is 9.59 Å². The second-order valence-electron chi connectivity index (χ2n) is 5.98. The molecule has 1 rings (SSSR count). The summed E-state index contributed by atoms with van der Waals surface area (Å²) < 4.78 is 0. The van der Waals surface area contributed by atoms with Crippen LogP contribution >= 0.6 is 0 Å². The lowest BCUT2D eigenvalue weighted by atomic mass is 9.95. The maximum absolute atomic E-state index is 11.8. The van der Waals surface area contributed by atoms with Crippen molar-refractivity contribution in [3.8, 4) is 0 Å². The highest BCUT2D eigenvalue weighted by Crippen LogP contribution is 2.18. The van der Waals surface area contributed by atoms with Gasteiger partial charge in [-0.15, -0.1) is 0 Å². The standard InChI is InChI=1S/C14H27N3O2/c1-11(2)9-15-13(18)10-17-7-5-12(6-8-17)14(19)16(3)4/h11-12H,5-10H2,1-4H3,(H,15,18). The number of piperidine rings is 1. The molecule has 0 spiro atoms. The summed E-state index contributed by atoms with van der Waals surface area (Å²) in [5.74, 6) is 0.910. The van der Waals surface area contributed by atoms with Crippen molar-refractivity contribution in [2.45, 2.75) is 26.7 Å². The van der Waals surface area contributed by atoms with E-state index in [4.69, 9.17) is 0 Å². The van der Waals surface area contributed by atoms with Gasteiger partial charge in [-0.3, -0.25) is 14.5 Å². The third-order valence-electron chi connectivity index (χ3n) is 3.45. The van der Waals surface area contributed by atoms with Gasteiger partial charge in [-0.05, 0) is 31.8 Å². The van der Waals surface area contributed by atoms with Gasteiger partial charge in [-0.25, -0.2) is 0 Å². The van der Waals surface area contributed by atoms with Crippen LogP contribution in [-0.4, -0.2) is 61.9 Å². The number of hydrogen-bond donors (Lipinski definition) is 1. The molecular formula is C14H27N3O2. The molecule has 110 valence electrons. The first-order chi connectivity index (χ1) is 8.90. The number of amides is 2. The summed E-state index contributed by atoms with van der Waals surface area (Å²) in [4.78, 5) is 27.3. The Kier molecular flexibility index (Phi) is 6.28. The highest BCUT2D eigenvalue weighted by molar-refractivity contribution is 5.79. The Labute approximate surface area is 116 Å². The van der Waals surface area contributed by atoms with Gasteiger partial charge in [0.1, 0.15) is 0 Å². The van der Waals surface area contributed by atoms with Gasteiger partial charge < -0.3 is 10.2 Å². The van der Waals surface area contributed by atoms with Gasteiger partial charge in [0.05, 0.1) is 6.54 Å². The molecule has 0 radical (unpaired) electrons. The zero-order valence-electron chi connectivity index (χ0n) is 12.6. The lowest BCUT2D eigenvalue weighted by Gasteiger charge is -2.31. The molecule has 0 saturated carbocycles. The largest absolute Gasteiger partial charge is 0.355 e. The molecule has 0 atom stereocenters. The van der Waals surface area contributed by atoms with Crippen LogP contribution in [0.2, 0.25) is 0 Å². The minimum Gasteiger partial charge on any atom is -0.355 e. The van der Waals surface area contributed by atoms with Crippen molar-refractivity contribution in [3.63, 3.8) is 0 Å². The smallest absolute Gasteiger partial charge is 0.234 e. The van der Waals surface area contributed by atoms with Crippen LogP contribution in [0.3, 0.4) is 0 Å². The second kappa shape index (κ2) is 7.48. The number of rotatable bonds is 5. The summed E-state index contributed by atoms with van der Waals surface area (Å²) in [7, 11) is 3.60. The van der Waals surface area contributed by atoms with E-state index in [1.54, 1.807) is 19.0 Å². The van der Waals surface area contributed by atoms with Crippen molar-refractivity contribution in [2.24, 2.45) is 11.8 Å². The fourth-order valence-corrected chi connectivity index (χ4v) is 2.28. The molecule has 0 bridgehead atoms. The predicted molar refractivity (Wildman–Crippen MR) is 75.7 cm³/mol. The summed E-state index contributed by atoms with van der Waals surface area (Å²) in [5, 5.41) is 2.93. The van der Waals surface area contributed by atoms with E-state index in [2.05, 4.69) is 24.1 Å². The molecule has 1 N–H and O–H groups in total. The molecule has 1 fully saturated rings. The molecule has 5 heteroatoms. The third-order valence-corrected chi connectivity index (χ3v) is 3.45. The van der Waals surface area contributed by atoms with Crippen molar-refractivity contribution in [1.82, 2.24) is 15.1 Å². The Morgan fingerprint density at radius 3 is 2.32 bits per heavy atom. The molecule has 1 aliphatic rings. The van der Waals surface area contributed by atoms with Crippen LogP contribution in [0.1, 0.15) is 26.7 Å². The molecule has 0 unspecified atom stereocenters. The van der Waals surface area contributed by atoms with E-state index < -0.39 is 0 Å². The quantitative estimate of drug-likeness (QED) is 0.793. The van der Waals surface area contributed by atoms with Gasteiger partial charge >= 0.3 is 0 Å². The van der Waals surface area contributed by atoms with Crippen LogP contribution in [0.25, 0.3) is 0 Å². The minimum atomic E-state index is 0.0890. The van der Waals surface area contributed by atoms with Crippen LogP contribution in [0.5, 0.6) is 0 Å². The lowest BCUT2D eigenvalue weighted by Crippen LogP contribution is -2.44. The first-order valence-corrected chi connectivity index (χ1v) is 7.10. The van der Waals surface area contributed by atoms with Gasteiger partial charge in [0.15, 0.2) is 0 Å². The van der Waals surface area contributed by atoms with Crippen LogP contribution in [0.4, 0.5) is 0 Å². The van der Waals surface area contributed by atoms with Crippen molar-refractivity contribution >= 4 is 11.8 Å². The van der Waals surface area contributed by atoms with Gasteiger partial charge in [0, 0.05) is 26.6 Å². The van der Waals surface area contributed by atoms with Gasteiger partial charge in [0.2, 0.25) is 11.8 Å². The molecule has 0 aliphatic carbocycles. The van der Waals surface area contributed by atoms with Gasteiger partial charge in [0.25, 0.3) is 0 Å². The molecule has 0 aromatic heterocycles. The Morgan fingerprint density at radius 1 is 1.26 bits per heavy atom. The first kappa shape index (κ1) is 16.0. The van der Waals surface area contributed by atoms with E-state index in [1.165, 1.54) is 0 Å². The number of carbonyl (C=O) groups excluding carboxylic acids is 2. The van der Waals surface area contributed by atoms with Crippen molar-refractivity contribution in [2.75, 3.05) is 40.3 Å². The lowest BCUT2D eigenvalue weighted by molar-refractivity contribution is -0.134. The molecule has 5 nitrogen and oxygen atoms in total. The number of likely N-dealkylation sites (tertiary alicyclic amines) is 1. The van der Waals surface area contributed by atoms with E-state index in [-0.39, 0.29) is 17.7 Å². The molecule has 1 heterocycles. The Balaban J connectivity index is 2.26. The number of nitrogens with one attached hydrogen (secondary N) is 1. The Bertz CT molecular complexity index is 308. The SMILES string of the molecule is CC(C)CNC(=O)CN1CCC(C(=O)N(C)C)CC1. The molecule has 0 aromatic rings. The highest BCUT2D eigenvalue weighted by atomic mass is 16.2. The van der Waals surface area contributed by atoms with Crippen LogP contribution < -0.4 is 5.32 Å². The van der Waals surface area contributed by atoms with Crippen LogP contribution in [-0.2, 0) is 9.59 Å². The average Bonchev–Trinajstić information content (AvgIpc) is 2.36. The molecule has 2 amide bonds. The molecule has 19 heavy (non-hydrogen) atoms. The number of nitrogens with zero attached hydrogens (tertiary/aromatic N) is 2. The van der Waals surface area contributed by atoms with E-state index >= 15 is 0 Å². The molecular weight excluding hydrogens is 242 g/mol. The molecule has 0 aromatic carbocycles. The van der Waals surface area contributed by atoms with Crippen LogP contribution in [0.15, 0.2) is 0 Å². The number of hydrogen-bond acceptors (Lipinski definition) is 3. The van der Waals surface area contributed by atoms with Crippen LogP contribution in [0, 0.1) is 11.8 Å². The minimum absolute atomic E-state index is 0.0890. The van der Waals surface area contributed by atoms with Crippen molar-refractivity contribution < 1.29 is 9.59 Å². The topological polar surface area (TPSA) is 52.7 Å². The zero-order valence-corrected chi connectivity index (χ0v) is 12.6. The van der Waals surface area contributed by atoms with E-state index in [1.807, 2.05) is 0 Å². The van der Waals surface area contributed by atoms with Gasteiger partial charge in [-0.2, -0.15) is 0 Å². The third kappa shape index (κ3) is 5.59. The number of carbonyl (C=O) groups is 2. The monoisotopic (exact) mass is 269 g/mol. The van der Waals surface area contributed by atoms with E-state index in [0.29, 0.717) is 12.5 Å². The van der Waals surface area contributed by atoms with Crippen molar-refractivity contribution in [3.05, 3.63) is 0 Å². The molecule has 1 saturated heterocycles. The first-order valence-electron chi connectivity index (χ1n) is 7.10. The predicted octanol–water partition coefficient (Wildman–Crippen LogP) is 0.559. The Morgan fingerprint density at radius 2 is 1.84 bits per heavy atom. The fourth-order valence-electron chi connectivity index (χ4n) is 2.28. The summed E-state index contributed by atoms with van der Waals surface area (Å²) in [6.45, 7) is 7.01. The van der Waals surface area contributed by atoms with Crippen molar-refractivity contribution in [1.29, 1.82) is 0 Å². The average molecular weight is 269 g/mol. The maximum atomic E-state index is 11.8. The summed E-state index contributed by atoms with van der Waals surface area (Å²) in [5.41, 5.74) is 0. The highest BCUT2D eigenvalue weighted by Gasteiger charge is 2.26. The second-order valence-corrected chi connectivity index (χ2v) is 5.98. The normalized spacial score (nSPS) is 17.5. The maximum Gasteiger partial charge on any atom is 0.234 e. The fraction of sp³-hybridized carbons (Fsp3) is 0.857. The van der Waals surface area contributed by atoms with Gasteiger partial charge in [-0.1, -0.05) is 13.8 Å².